The van der Waals surface area contributed by atoms with Gasteiger partial charge in [-0.25, -0.2) is 9.67 Å². The van der Waals surface area contributed by atoms with Crippen LogP contribution < -0.4 is 5.56 Å². The fourth-order valence-electron chi connectivity index (χ4n) is 3.55. The molecule has 9 heteroatoms. The van der Waals surface area contributed by atoms with E-state index in [0.29, 0.717) is 23.9 Å². The van der Waals surface area contributed by atoms with Crippen molar-refractivity contribution in [2.45, 2.75) is 33.9 Å². The molecule has 0 bridgehead atoms. The van der Waals surface area contributed by atoms with Crippen LogP contribution in [0, 0.1) is 20.8 Å². The first-order valence-corrected chi connectivity index (χ1v) is 10.2. The van der Waals surface area contributed by atoms with Crippen LogP contribution in [0.5, 0.6) is 0 Å². The van der Waals surface area contributed by atoms with E-state index >= 15 is 0 Å². The quantitative estimate of drug-likeness (QED) is 0.424. The molecule has 32 heavy (non-hydrogen) atoms. The standard InChI is InChI=1S/C23H21N7O2/c1-14-5-4-6-17(9-14)11-30-22-20(26-28-30)23(31)29(13-24-22)12-19-25-21(27-32-19)18-8-7-15(2)16(3)10-18/h4-10,13H,11-12H2,1-3H3. The van der Waals surface area contributed by atoms with E-state index in [1.807, 2.05) is 57.2 Å². The van der Waals surface area contributed by atoms with Crippen molar-refractivity contribution in [1.82, 2.24) is 34.7 Å². The lowest BCUT2D eigenvalue weighted by molar-refractivity contribution is 0.369. The van der Waals surface area contributed by atoms with Gasteiger partial charge in [-0.1, -0.05) is 52.3 Å². The normalized spacial score (nSPS) is 11.3. The Morgan fingerprint density at radius 3 is 2.69 bits per heavy atom. The number of aryl methyl sites for hydroxylation is 3. The zero-order valence-electron chi connectivity index (χ0n) is 18.0. The molecule has 0 aliphatic carbocycles. The number of hydrogen-bond acceptors (Lipinski definition) is 7. The highest BCUT2D eigenvalue weighted by molar-refractivity contribution is 5.67. The first-order chi connectivity index (χ1) is 15.5. The topological polar surface area (TPSA) is 105 Å². The van der Waals surface area contributed by atoms with Gasteiger partial charge in [0, 0.05) is 5.56 Å². The number of fused-ring (bicyclic) bond motifs is 1. The minimum atomic E-state index is -0.309. The van der Waals surface area contributed by atoms with E-state index in [0.717, 1.165) is 22.3 Å². The largest absolute Gasteiger partial charge is 0.337 e. The van der Waals surface area contributed by atoms with Crippen LogP contribution in [0.25, 0.3) is 22.6 Å². The fraction of sp³-hybridized carbons (Fsp3) is 0.217. The third kappa shape index (κ3) is 3.68. The summed E-state index contributed by atoms with van der Waals surface area (Å²) in [6.07, 6.45) is 1.46. The second-order valence-corrected chi connectivity index (χ2v) is 7.90. The molecule has 0 radical (unpaired) electrons. The molecule has 0 saturated heterocycles. The summed E-state index contributed by atoms with van der Waals surface area (Å²) in [5.41, 5.74) is 5.75. The van der Waals surface area contributed by atoms with Gasteiger partial charge in [0.2, 0.25) is 11.7 Å². The van der Waals surface area contributed by atoms with Gasteiger partial charge in [-0.3, -0.25) is 9.36 Å². The SMILES string of the molecule is Cc1cccc(Cn2nnc3c(=O)n(Cc4nc(-c5ccc(C)c(C)c5)no4)cnc32)c1. The molecule has 160 valence electrons. The number of hydrogen-bond donors (Lipinski definition) is 0. The minimum Gasteiger partial charge on any atom is -0.337 e. The maximum Gasteiger partial charge on any atom is 0.283 e. The van der Waals surface area contributed by atoms with E-state index in [2.05, 4.69) is 31.5 Å². The summed E-state index contributed by atoms with van der Waals surface area (Å²) in [6.45, 7) is 6.70. The molecule has 0 saturated carbocycles. The molecule has 3 aromatic heterocycles. The Kier molecular flexibility index (Phi) is 4.85. The monoisotopic (exact) mass is 427 g/mol. The fourth-order valence-corrected chi connectivity index (χ4v) is 3.55. The smallest absolute Gasteiger partial charge is 0.283 e. The van der Waals surface area contributed by atoms with Gasteiger partial charge in [-0.05, 0) is 43.5 Å². The average molecular weight is 427 g/mol. The van der Waals surface area contributed by atoms with Crippen molar-refractivity contribution in [1.29, 1.82) is 0 Å². The molecule has 0 amide bonds. The van der Waals surface area contributed by atoms with Gasteiger partial charge in [0.15, 0.2) is 11.2 Å². The summed E-state index contributed by atoms with van der Waals surface area (Å²) in [6, 6.07) is 14.1. The van der Waals surface area contributed by atoms with Crippen molar-refractivity contribution in [2.24, 2.45) is 0 Å². The van der Waals surface area contributed by atoms with Gasteiger partial charge >= 0.3 is 0 Å². The first-order valence-electron chi connectivity index (χ1n) is 10.2. The predicted molar refractivity (Wildman–Crippen MR) is 118 cm³/mol. The highest BCUT2D eigenvalue weighted by atomic mass is 16.5. The number of benzene rings is 2. The Morgan fingerprint density at radius 1 is 1.00 bits per heavy atom. The summed E-state index contributed by atoms with van der Waals surface area (Å²) < 4.78 is 8.39. The lowest BCUT2D eigenvalue weighted by atomic mass is 10.1. The highest BCUT2D eigenvalue weighted by Crippen LogP contribution is 2.19. The Labute approximate surface area is 183 Å². The van der Waals surface area contributed by atoms with E-state index in [9.17, 15) is 4.79 Å². The van der Waals surface area contributed by atoms with Crippen LogP contribution in [0.2, 0.25) is 0 Å². The maximum absolute atomic E-state index is 12.9. The maximum atomic E-state index is 12.9. The van der Waals surface area contributed by atoms with Gasteiger partial charge in [-0.2, -0.15) is 4.98 Å². The van der Waals surface area contributed by atoms with Crippen molar-refractivity contribution in [3.63, 3.8) is 0 Å². The molecular formula is C23H21N7O2. The number of rotatable bonds is 5. The third-order valence-corrected chi connectivity index (χ3v) is 5.45. The van der Waals surface area contributed by atoms with Crippen LogP contribution >= 0.6 is 0 Å². The molecule has 0 aliphatic heterocycles. The Morgan fingerprint density at radius 2 is 1.88 bits per heavy atom. The summed E-state index contributed by atoms with van der Waals surface area (Å²) in [5, 5.41) is 12.2. The Hall–Kier alpha value is -4.14. The molecule has 0 N–H and O–H groups in total. The van der Waals surface area contributed by atoms with Gasteiger partial charge in [0.25, 0.3) is 5.56 Å². The average Bonchev–Trinajstić information content (AvgIpc) is 3.40. The van der Waals surface area contributed by atoms with Crippen LogP contribution in [-0.4, -0.2) is 34.7 Å². The highest BCUT2D eigenvalue weighted by Gasteiger charge is 2.15. The van der Waals surface area contributed by atoms with Crippen LogP contribution in [0.15, 0.2) is 58.1 Å². The molecule has 0 atom stereocenters. The van der Waals surface area contributed by atoms with Gasteiger partial charge in [0.05, 0.1) is 6.54 Å². The molecule has 9 nitrogen and oxygen atoms in total. The molecule has 0 unspecified atom stereocenters. The van der Waals surface area contributed by atoms with Gasteiger partial charge < -0.3 is 4.52 Å². The Balaban J connectivity index is 1.41. The van der Waals surface area contributed by atoms with Crippen molar-refractivity contribution in [2.75, 3.05) is 0 Å². The molecule has 0 spiro atoms. The molecule has 0 fully saturated rings. The van der Waals surface area contributed by atoms with Gasteiger partial charge in [0.1, 0.15) is 12.9 Å². The molecule has 3 heterocycles. The molecular weight excluding hydrogens is 406 g/mol. The van der Waals surface area contributed by atoms with E-state index < -0.39 is 0 Å². The zero-order chi connectivity index (χ0) is 22.2. The predicted octanol–water partition coefficient (Wildman–Crippen LogP) is 3.06. The number of aromatic nitrogens is 7. The van der Waals surface area contributed by atoms with E-state index in [-0.39, 0.29) is 17.6 Å². The van der Waals surface area contributed by atoms with Crippen LogP contribution in [0.1, 0.15) is 28.1 Å². The summed E-state index contributed by atoms with van der Waals surface area (Å²) in [5.74, 6) is 0.794. The second kappa shape index (κ2) is 7.84. The van der Waals surface area contributed by atoms with Crippen molar-refractivity contribution >= 4 is 11.2 Å². The van der Waals surface area contributed by atoms with Crippen LogP contribution in [0.3, 0.4) is 0 Å². The van der Waals surface area contributed by atoms with E-state index in [4.69, 9.17) is 4.52 Å². The second-order valence-electron chi connectivity index (χ2n) is 7.90. The van der Waals surface area contributed by atoms with E-state index in [1.165, 1.54) is 16.5 Å². The van der Waals surface area contributed by atoms with Crippen LogP contribution in [0.4, 0.5) is 0 Å². The first kappa shape index (κ1) is 19.8. The molecule has 0 aliphatic rings. The van der Waals surface area contributed by atoms with Gasteiger partial charge in [-0.15, -0.1) is 5.10 Å². The lowest BCUT2D eigenvalue weighted by Gasteiger charge is -2.04. The van der Waals surface area contributed by atoms with Crippen molar-refractivity contribution in [3.05, 3.63) is 87.3 Å². The summed E-state index contributed by atoms with van der Waals surface area (Å²) in [7, 11) is 0. The molecule has 5 rings (SSSR count). The van der Waals surface area contributed by atoms with E-state index in [1.54, 1.807) is 4.68 Å². The third-order valence-electron chi connectivity index (χ3n) is 5.45. The van der Waals surface area contributed by atoms with Crippen LogP contribution in [-0.2, 0) is 13.1 Å². The lowest BCUT2D eigenvalue weighted by Crippen LogP contribution is -2.21. The zero-order valence-corrected chi connectivity index (χ0v) is 18.0. The Bertz CT molecular complexity index is 1500. The molecule has 5 aromatic rings. The van der Waals surface area contributed by atoms with Crippen molar-refractivity contribution < 1.29 is 4.52 Å². The summed E-state index contributed by atoms with van der Waals surface area (Å²) in [4.78, 5) is 21.8. The minimum absolute atomic E-state index is 0.102. The van der Waals surface area contributed by atoms with Crippen molar-refractivity contribution in [3.8, 4) is 11.4 Å². The summed E-state index contributed by atoms with van der Waals surface area (Å²) >= 11 is 0. The number of nitrogens with zero attached hydrogens (tertiary/aromatic N) is 7. The molecule has 2 aromatic carbocycles.